The molecule has 0 atom stereocenters. The van der Waals surface area contributed by atoms with Crippen molar-refractivity contribution < 1.29 is 0 Å². The van der Waals surface area contributed by atoms with Gasteiger partial charge in [-0.1, -0.05) is 23.7 Å². The monoisotopic (exact) mass is 371 g/mol. The molecule has 1 heterocycles. The minimum absolute atomic E-state index is 0.650. The molecule has 2 aromatic rings. The van der Waals surface area contributed by atoms with E-state index in [1.165, 1.54) is 5.56 Å². The smallest absolute Gasteiger partial charge is 0.134 e. The van der Waals surface area contributed by atoms with Gasteiger partial charge in [0.2, 0.25) is 0 Å². The first kappa shape index (κ1) is 19.2. The lowest BCUT2D eigenvalue weighted by Crippen LogP contribution is -2.08. The number of anilines is 1. The molecule has 3 nitrogen and oxygen atoms in total. The Hall–Kier alpha value is -2.17. The molecule has 0 unspecified atom stereocenters. The van der Waals surface area contributed by atoms with Crippen LogP contribution >= 0.6 is 22.9 Å². The summed E-state index contributed by atoms with van der Waals surface area (Å²) in [6.07, 6.45) is 2.49. The number of thiophene rings is 1. The summed E-state index contributed by atoms with van der Waals surface area (Å²) in [5, 5.41) is 8.16. The highest BCUT2D eigenvalue weighted by molar-refractivity contribution is 7.07. The lowest BCUT2D eigenvalue weighted by atomic mass is 10.1. The maximum absolute atomic E-state index is 6.21. The van der Waals surface area contributed by atoms with E-state index in [1.807, 2.05) is 38.1 Å². The van der Waals surface area contributed by atoms with Crippen molar-refractivity contribution >= 4 is 41.1 Å². The molecule has 0 aliphatic rings. The molecule has 1 aromatic heterocycles. The van der Waals surface area contributed by atoms with Gasteiger partial charge in [-0.05, 0) is 67.1 Å². The molecule has 0 fully saturated rings. The van der Waals surface area contributed by atoms with Gasteiger partial charge >= 0.3 is 0 Å². The number of nitrogens with zero attached hydrogens (tertiary/aromatic N) is 2. The third-order valence-electron chi connectivity index (χ3n) is 3.74. The van der Waals surface area contributed by atoms with E-state index < -0.39 is 0 Å². The van der Waals surface area contributed by atoms with Crippen molar-refractivity contribution in [1.82, 2.24) is 0 Å². The number of benzene rings is 1. The predicted octanol–water partition coefficient (Wildman–Crippen LogP) is 6.27. The summed E-state index contributed by atoms with van der Waals surface area (Å²) in [5.74, 6) is 0.673. The van der Waals surface area contributed by atoms with Gasteiger partial charge in [-0.2, -0.15) is 11.3 Å². The number of rotatable bonds is 8. The van der Waals surface area contributed by atoms with E-state index in [0.29, 0.717) is 23.8 Å². The van der Waals surface area contributed by atoms with Gasteiger partial charge in [-0.3, -0.25) is 4.99 Å². The van der Waals surface area contributed by atoms with E-state index in [2.05, 4.69) is 40.4 Å². The largest absolute Gasteiger partial charge is 0.340 e. The zero-order valence-corrected chi connectivity index (χ0v) is 16.1. The first-order chi connectivity index (χ1) is 12.0. The molecule has 1 aromatic carbocycles. The Morgan fingerprint density at radius 2 is 2.16 bits per heavy atom. The maximum atomic E-state index is 6.21. The molecule has 0 amide bonds. The van der Waals surface area contributed by atoms with Gasteiger partial charge in [0.05, 0.1) is 6.54 Å². The maximum Gasteiger partial charge on any atom is 0.134 e. The van der Waals surface area contributed by atoms with Crippen LogP contribution in [0.4, 0.5) is 5.69 Å². The summed E-state index contributed by atoms with van der Waals surface area (Å²) in [6, 6.07) is 7.90. The Labute approximate surface area is 158 Å². The number of allylic oxidation sites excluding steroid dienone is 2. The lowest BCUT2D eigenvalue weighted by Gasteiger charge is -2.14. The van der Waals surface area contributed by atoms with Crippen molar-refractivity contribution in [1.29, 1.82) is 0 Å². The van der Waals surface area contributed by atoms with Crippen LogP contribution in [0.3, 0.4) is 0 Å². The second-order valence-electron chi connectivity index (χ2n) is 5.60. The zero-order chi connectivity index (χ0) is 18.2. The average molecular weight is 372 g/mol. The molecule has 1 N–H and O–H groups in total. The zero-order valence-electron chi connectivity index (χ0n) is 14.6. The molecule has 130 valence electrons. The molecule has 0 radical (unpaired) electrons. The molecule has 5 heteroatoms. The first-order valence-corrected chi connectivity index (χ1v) is 9.23. The fourth-order valence-electron chi connectivity index (χ4n) is 2.27. The van der Waals surface area contributed by atoms with Gasteiger partial charge < -0.3 is 5.32 Å². The molecule has 0 bridgehead atoms. The van der Waals surface area contributed by atoms with Crippen molar-refractivity contribution in [3.63, 3.8) is 0 Å². The number of nitrogens with one attached hydrogen (secondary N) is 1. The molecule has 0 aliphatic carbocycles. The summed E-state index contributed by atoms with van der Waals surface area (Å²) in [6.45, 7) is 12.2. The van der Waals surface area contributed by atoms with Crippen LogP contribution in [0, 0.1) is 6.92 Å². The Morgan fingerprint density at radius 1 is 1.36 bits per heavy atom. The lowest BCUT2D eigenvalue weighted by molar-refractivity contribution is 1.06. The van der Waals surface area contributed by atoms with Gasteiger partial charge in [-0.25, -0.2) is 4.99 Å². The van der Waals surface area contributed by atoms with E-state index in [-0.39, 0.29) is 0 Å². The van der Waals surface area contributed by atoms with Gasteiger partial charge in [0.1, 0.15) is 5.82 Å². The van der Waals surface area contributed by atoms with E-state index in [4.69, 9.17) is 16.6 Å². The van der Waals surface area contributed by atoms with Crippen molar-refractivity contribution in [2.45, 2.75) is 26.8 Å². The van der Waals surface area contributed by atoms with Crippen molar-refractivity contribution in [2.24, 2.45) is 9.98 Å². The van der Waals surface area contributed by atoms with E-state index in [9.17, 15) is 0 Å². The van der Waals surface area contributed by atoms with Gasteiger partial charge in [0, 0.05) is 22.0 Å². The summed E-state index contributed by atoms with van der Waals surface area (Å²) >= 11 is 7.88. The molecule has 0 saturated carbocycles. The Balaban J connectivity index is 2.30. The summed E-state index contributed by atoms with van der Waals surface area (Å²) in [7, 11) is 0. The normalized spacial score (nSPS) is 12.5. The number of hydrogen-bond acceptors (Lipinski definition) is 4. The van der Waals surface area contributed by atoms with Crippen LogP contribution in [0.1, 0.15) is 24.5 Å². The Bertz CT molecular complexity index is 804. The Morgan fingerprint density at radius 3 is 2.76 bits per heavy atom. The average Bonchev–Trinajstić information content (AvgIpc) is 3.12. The van der Waals surface area contributed by atoms with Crippen LogP contribution in [0.25, 0.3) is 0 Å². The highest BCUT2D eigenvalue weighted by Gasteiger charge is 2.09. The number of aryl methyl sites for hydroxylation is 1. The van der Waals surface area contributed by atoms with Crippen LogP contribution in [0.2, 0.25) is 5.02 Å². The predicted molar refractivity (Wildman–Crippen MR) is 112 cm³/mol. The third-order valence-corrected chi connectivity index (χ3v) is 4.88. The standard InChI is InChI=1S/C20H22ClN3S/c1-5-6-18(15(3)23-12-16-9-10-25-13-16)20(22-4)24-17-8-7-14(2)19(21)11-17/h5,7-11,13,24H,1,4,6,12H2,2-3H3/b20-18+,23-15?. The molecular formula is C20H22ClN3S. The van der Waals surface area contributed by atoms with Crippen molar-refractivity contribution in [3.8, 4) is 0 Å². The third kappa shape index (κ3) is 5.41. The van der Waals surface area contributed by atoms with E-state index in [1.54, 1.807) is 11.3 Å². The van der Waals surface area contributed by atoms with Crippen molar-refractivity contribution in [3.05, 3.63) is 75.2 Å². The molecule has 0 aliphatic heterocycles. The topological polar surface area (TPSA) is 36.8 Å². The molecule has 2 rings (SSSR count). The van der Waals surface area contributed by atoms with Crippen LogP contribution in [-0.4, -0.2) is 12.4 Å². The summed E-state index contributed by atoms with van der Waals surface area (Å²) in [4.78, 5) is 8.86. The van der Waals surface area contributed by atoms with Crippen molar-refractivity contribution in [2.75, 3.05) is 5.32 Å². The first-order valence-electron chi connectivity index (χ1n) is 7.91. The highest BCUT2D eigenvalue weighted by Crippen LogP contribution is 2.23. The Kier molecular flexibility index (Phi) is 7.16. The number of halogens is 1. The van der Waals surface area contributed by atoms with Crippen LogP contribution in [-0.2, 0) is 6.54 Å². The summed E-state index contributed by atoms with van der Waals surface area (Å²) in [5.41, 5.74) is 4.99. The van der Waals surface area contributed by atoms with Gasteiger partial charge in [0.15, 0.2) is 0 Å². The number of aliphatic imine (C=N–C) groups is 2. The second-order valence-corrected chi connectivity index (χ2v) is 6.79. The minimum atomic E-state index is 0.650. The fourth-order valence-corrected chi connectivity index (χ4v) is 3.11. The van der Waals surface area contributed by atoms with Crippen LogP contribution < -0.4 is 5.32 Å². The number of hydrogen-bond donors (Lipinski definition) is 1. The van der Waals surface area contributed by atoms with Crippen LogP contribution in [0.5, 0.6) is 0 Å². The van der Waals surface area contributed by atoms with E-state index >= 15 is 0 Å². The fraction of sp³-hybridized carbons (Fsp3) is 0.200. The SMILES string of the molecule is C=CC/C(C(C)=NCc1ccsc1)=C(/N=C)Nc1ccc(C)c(Cl)c1. The summed E-state index contributed by atoms with van der Waals surface area (Å²) < 4.78 is 0. The molecule has 0 saturated heterocycles. The van der Waals surface area contributed by atoms with E-state index in [0.717, 1.165) is 22.5 Å². The molecule has 25 heavy (non-hydrogen) atoms. The van der Waals surface area contributed by atoms with Gasteiger partial charge in [0.25, 0.3) is 0 Å². The quantitative estimate of drug-likeness (QED) is 0.430. The second kappa shape index (κ2) is 9.35. The minimum Gasteiger partial charge on any atom is -0.340 e. The molecular weight excluding hydrogens is 350 g/mol. The highest BCUT2D eigenvalue weighted by atomic mass is 35.5. The molecule has 0 spiro atoms. The van der Waals surface area contributed by atoms with Crippen LogP contribution in [0.15, 0.2) is 69.1 Å². The van der Waals surface area contributed by atoms with Gasteiger partial charge in [-0.15, -0.1) is 6.58 Å².